The quantitative estimate of drug-likeness (QED) is 0.110. The van der Waals surface area contributed by atoms with Gasteiger partial charge >= 0.3 is 24.7 Å². The van der Waals surface area contributed by atoms with Crippen LogP contribution in [0.25, 0.3) is 22.3 Å². The zero-order chi connectivity index (χ0) is 40.7. The van der Waals surface area contributed by atoms with Crippen LogP contribution >= 0.6 is 7.92 Å². The Kier molecular flexibility index (Phi) is 11.3. The molecule has 4 nitrogen and oxygen atoms in total. The molecule has 0 saturated heterocycles. The molecule has 0 aliphatic rings. The zero-order valence-electron chi connectivity index (χ0n) is 28.8. The Labute approximate surface area is 307 Å². The van der Waals surface area contributed by atoms with Crippen LogP contribution in [-0.4, -0.2) is 28.4 Å². The van der Waals surface area contributed by atoms with E-state index in [-0.39, 0.29) is 87.0 Å². The van der Waals surface area contributed by atoms with Crippen molar-refractivity contribution in [3.63, 3.8) is 0 Å². The molecule has 0 aliphatic carbocycles. The molecule has 5 aromatic carbocycles. The van der Waals surface area contributed by atoms with E-state index in [4.69, 9.17) is 18.9 Å². The molecule has 0 saturated carbocycles. The fourth-order valence-corrected chi connectivity index (χ4v) is 8.71. The van der Waals surface area contributed by atoms with Crippen molar-refractivity contribution in [1.29, 1.82) is 0 Å². The Morgan fingerprint density at radius 3 is 0.873 bits per heavy atom. The number of ether oxygens (including phenoxy) is 4. The summed E-state index contributed by atoms with van der Waals surface area (Å²) in [5.74, 6) is 0.110. The summed E-state index contributed by atoms with van der Waals surface area (Å²) < 4.78 is 195. The predicted molar refractivity (Wildman–Crippen MR) is 182 cm³/mol. The summed E-state index contributed by atoms with van der Waals surface area (Å²) in [4.78, 5) is 0. The third-order valence-electron chi connectivity index (χ3n) is 8.32. The molecule has 5 aromatic rings. The van der Waals surface area contributed by atoms with Gasteiger partial charge in [-0.1, -0.05) is 30.3 Å². The summed E-state index contributed by atoms with van der Waals surface area (Å²) in [5.41, 5.74) is -7.51. The van der Waals surface area contributed by atoms with Gasteiger partial charge in [0.2, 0.25) is 0 Å². The Balaban J connectivity index is 2.14. The Hall–Kier alpha value is -5.11. The maximum Gasteiger partial charge on any atom is 0.416 e. The van der Waals surface area contributed by atoms with Gasteiger partial charge in [0.25, 0.3) is 0 Å². The summed E-state index contributed by atoms with van der Waals surface area (Å²) in [5, 5.41) is -2.06. The second kappa shape index (κ2) is 15.2. The van der Waals surface area contributed by atoms with Crippen LogP contribution in [0.5, 0.6) is 23.0 Å². The monoisotopic (exact) mass is 806 g/mol. The summed E-state index contributed by atoms with van der Waals surface area (Å²) in [6.45, 7) is 0. The lowest BCUT2D eigenvalue weighted by atomic mass is 9.96. The van der Waals surface area contributed by atoms with Crippen molar-refractivity contribution in [3.05, 3.63) is 113 Å². The van der Waals surface area contributed by atoms with Crippen molar-refractivity contribution in [2.45, 2.75) is 24.7 Å². The first-order valence-corrected chi connectivity index (χ1v) is 16.9. The molecule has 0 aromatic heterocycles. The summed E-state index contributed by atoms with van der Waals surface area (Å²) in [7, 11) is 1.66. The van der Waals surface area contributed by atoms with Crippen LogP contribution in [-0.2, 0) is 24.7 Å². The zero-order valence-corrected chi connectivity index (χ0v) is 29.7. The van der Waals surface area contributed by atoms with Gasteiger partial charge in [0, 0.05) is 5.30 Å². The van der Waals surface area contributed by atoms with Gasteiger partial charge in [0.15, 0.2) is 0 Å². The van der Waals surface area contributed by atoms with Crippen LogP contribution in [0.15, 0.2) is 91.0 Å². The molecule has 0 heterocycles. The normalized spacial score (nSPS) is 12.5. The maximum absolute atomic E-state index is 14.4. The van der Waals surface area contributed by atoms with Crippen LogP contribution in [0.3, 0.4) is 0 Å². The predicted octanol–water partition coefficient (Wildman–Crippen LogP) is 10.9. The highest BCUT2D eigenvalue weighted by molar-refractivity contribution is 7.80. The average Bonchev–Trinajstić information content (AvgIpc) is 3.12. The highest BCUT2D eigenvalue weighted by Crippen LogP contribution is 2.51. The van der Waals surface area contributed by atoms with Crippen LogP contribution in [0, 0.1) is 0 Å². The van der Waals surface area contributed by atoms with Gasteiger partial charge in [-0.15, -0.1) is 0 Å². The molecule has 0 unspecified atom stereocenters. The third-order valence-corrected chi connectivity index (χ3v) is 10.8. The van der Waals surface area contributed by atoms with E-state index in [0.29, 0.717) is 0 Å². The number of methoxy groups -OCH3 is 4. The van der Waals surface area contributed by atoms with E-state index in [0.717, 1.165) is 0 Å². The highest BCUT2D eigenvalue weighted by Gasteiger charge is 2.41. The lowest BCUT2D eigenvalue weighted by molar-refractivity contribution is -0.144. The lowest BCUT2D eigenvalue weighted by Gasteiger charge is -2.29. The smallest absolute Gasteiger partial charge is 0.416 e. The molecule has 292 valence electrons. The minimum atomic E-state index is -5.44. The van der Waals surface area contributed by atoms with Gasteiger partial charge < -0.3 is 18.9 Å². The number of hydrogen-bond acceptors (Lipinski definition) is 4. The first-order valence-electron chi connectivity index (χ1n) is 15.6. The van der Waals surface area contributed by atoms with Crippen molar-refractivity contribution in [1.82, 2.24) is 0 Å². The Bertz CT molecular complexity index is 1930. The van der Waals surface area contributed by atoms with Gasteiger partial charge in [-0.3, -0.25) is 0 Å². The molecule has 0 atom stereocenters. The SMILES string of the molecule is COc1cccc(OC)c1-c1cccc(-c2c(OC)cccc2OC)c1P(c1cc(C(F)(F)F)cc(C(F)(F)F)c1)c1cc(C(F)(F)F)cc(C(F)(F)F)c1. The number of benzene rings is 5. The molecular formula is C38H27F12O4P. The average molecular weight is 807 g/mol. The van der Waals surface area contributed by atoms with Gasteiger partial charge in [0.05, 0.1) is 61.8 Å². The fourth-order valence-electron chi connectivity index (χ4n) is 5.96. The number of halogens is 12. The van der Waals surface area contributed by atoms with E-state index in [1.807, 2.05) is 0 Å². The van der Waals surface area contributed by atoms with E-state index in [1.165, 1.54) is 83.0 Å². The Morgan fingerprint density at radius 1 is 0.382 bits per heavy atom. The van der Waals surface area contributed by atoms with Gasteiger partial charge in [-0.25, -0.2) is 0 Å². The van der Waals surface area contributed by atoms with E-state index in [1.54, 1.807) is 0 Å². The lowest BCUT2D eigenvalue weighted by Crippen LogP contribution is -2.28. The van der Waals surface area contributed by atoms with Gasteiger partial charge in [-0.2, -0.15) is 52.7 Å². The number of alkyl halides is 12. The van der Waals surface area contributed by atoms with Crippen molar-refractivity contribution in [2.24, 2.45) is 0 Å². The van der Waals surface area contributed by atoms with Crippen LogP contribution in [0.2, 0.25) is 0 Å². The van der Waals surface area contributed by atoms with E-state index in [2.05, 4.69) is 0 Å². The second-order valence-corrected chi connectivity index (χ2v) is 13.8. The van der Waals surface area contributed by atoms with Crippen molar-refractivity contribution in [3.8, 4) is 45.3 Å². The van der Waals surface area contributed by atoms with Gasteiger partial charge in [-0.05, 0) is 90.3 Å². The second-order valence-electron chi connectivity index (χ2n) is 11.6. The van der Waals surface area contributed by atoms with Crippen molar-refractivity contribution >= 4 is 23.8 Å². The third kappa shape index (κ3) is 8.43. The first-order chi connectivity index (χ1) is 25.6. The molecule has 0 N–H and O–H groups in total. The summed E-state index contributed by atoms with van der Waals surface area (Å²) >= 11 is 0. The molecule has 5 rings (SSSR count). The molecule has 0 radical (unpaired) electrons. The topological polar surface area (TPSA) is 36.9 Å². The largest absolute Gasteiger partial charge is 0.496 e. The highest BCUT2D eigenvalue weighted by atomic mass is 31.1. The summed E-state index contributed by atoms with van der Waals surface area (Å²) in [6.07, 6.45) is -21.8. The molecule has 55 heavy (non-hydrogen) atoms. The molecule has 0 fully saturated rings. The molecule has 0 bridgehead atoms. The molecular weight excluding hydrogens is 779 g/mol. The number of rotatable bonds is 9. The standard InChI is InChI=1S/C38H27F12O4P/c1-51-28-10-6-11-29(52-2)32(28)26-8-5-9-27(33-30(53-3)12-7-13-31(33)54-4)34(26)55(24-16-20(35(39,40)41)14-21(17-24)36(42,43)44)25-18-22(37(45,46)47)15-23(19-25)38(48,49)50/h5-19H,1-4H3. The first kappa shape index (κ1) is 41.1. The van der Waals surface area contributed by atoms with Crippen LogP contribution in [0.4, 0.5) is 52.7 Å². The van der Waals surface area contributed by atoms with Crippen LogP contribution in [0.1, 0.15) is 22.3 Å². The molecule has 0 amide bonds. The van der Waals surface area contributed by atoms with Gasteiger partial charge in [0.1, 0.15) is 23.0 Å². The van der Waals surface area contributed by atoms with E-state index < -0.39 is 65.5 Å². The molecule has 0 spiro atoms. The molecule has 0 aliphatic heterocycles. The summed E-state index contributed by atoms with van der Waals surface area (Å²) in [6, 6.07) is 13.5. The minimum absolute atomic E-state index is 0.0248. The molecule has 17 heteroatoms. The van der Waals surface area contributed by atoms with Crippen LogP contribution < -0.4 is 34.9 Å². The number of hydrogen-bond donors (Lipinski definition) is 0. The van der Waals surface area contributed by atoms with E-state index >= 15 is 0 Å². The fraction of sp³-hybridized carbons (Fsp3) is 0.211. The minimum Gasteiger partial charge on any atom is -0.496 e. The van der Waals surface area contributed by atoms with E-state index in [9.17, 15) is 52.7 Å². The van der Waals surface area contributed by atoms with Crippen molar-refractivity contribution in [2.75, 3.05) is 28.4 Å². The van der Waals surface area contributed by atoms with Crippen molar-refractivity contribution < 1.29 is 71.6 Å². The maximum atomic E-state index is 14.4. The Morgan fingerprint density at radius 2 is 0.636 bits per heavy atom.